The Balaban J connectivity index is 3.02. The molecule has 0 saturated heterocycles. The molecular weight excluding hydrogens is 224 g/mol. The molecule has 1 nitrogen and oxygen atoms in total. The highest BCUT2D eigenvalue weighted by Crippen LogP contribution is 2.39. The molecule has 0 fully saturated rings. The smallest absolute Gasteiger partial charge is 0.399 e. The zero-order valence-electron chi connectivity index (χ0n) is 7.28. The van der Waals surface area contributed by atoms with Crippen LogP contribution in [0.4, 0.5) is 26.3 Å². The minimum atomic E-state index is -4.84. The summed E-state index contributed by atoms with van der Waals surface area (Å²) in [6, 6.07) is 0. The average Bonchev–Trinajstić information content (AvgIpc) is 2.00. The Bertz CT molecular complexity index is 308. The molecule has 1 aliphatic carbocycles. The summed E-state index contributed by atoms with van der Waals surface area (Å²) in [6.07, 6.45) is -9.18. The number of hydrogen-bond donors (Lipinski definition) is 1. The van der Waals surface area contributed by atoms with Gasteiger partial charge in [0.15, 0.2) is 0 Å². The van der Waals surface area contributed by atoms with Gasteiger partial charge in [0.1, 0.15) is 0 Å². The van der Waals surface area contributed by atoms with E-state index in [1.165, 1.54) is 0 Å². The molecule has 86 valence electrons. The minimum Gasteiger partial charge on any atom is -0.399 e. The van der Waals surface area contributed by atoms with Crippen LogP contribution in [0.1, 0.15) is 6.42 Å². The lowest BCUT2D eigenvalue weighted by atomic mass is 9.93. The Hall–Kier alpha value is -1.14. The molecule has 0 radical (unpaired) electrons. The molecule has 0 aromatic rings. The molecule has 15 heavy (non-hydrogen) atoms. The van der Waals surface area contributed by atoms with Crippen molar-refractivity contribution >= 4 is 0 Å². The van der Waals surface area contributed by atoms with Crippen LogP contribution in [0.3, 0.4) is 0 Å². The molecule has 1 rings (SSSR count). The molecular formula is C8H7F6N. The average molecular weight is 231 g/mol. The topological polar surface area (TPSA) is 26.0 Å². The summed E-state index contributed by atoms with van der Waals surface area (Å²) in [5.41, 5.74) is 2.92. The Labute approximate surface area is 81.2 Å². The summed E-state index contributed by atoms with van der Waals surface area (Å²) in [5.74, 6) is -2.11. The number of allylic oxidation sites excluding steroid dienone is 3. The van der Waals surface area contributed by atoms with Crippen molar-refractivity contribution in [2.24, 2.45) is 11.7 Å². The van der Waals surface area contributed by atoms with E-state index in [-0.39, 0.29) is 6.08 Å². The normalized spacial score (nSPS) is 23.5. The summed E-state index contributed by atoms with van der Waals surface area (Å²) in [4.78, 5) is 0. The van der Waals surface area contributed by atoms with Crippen LogP contribution in [0.15, 0.2) is 23.4 Å². The summed E-state index contributed by atoms with van der Waals surface area (Å²) < 4.78 is 73.0. The van der Waals surface area contributed by atoms with Crippen LogP contribution in [0.25, 0.3) is 0 Å². The molecule has 0 bridgehead atoms. The van der Waals surface area contributed by atoms with Crippen molar-refractivity contribution in [2.75, 3.05) is 0 Å². The van der Waals surface area contributed by atoms with E-state index in [1.807, 2.05) is 0 Å². The minimum absolute atomic E-state index is 0.134. The Morgan fingerprint density at radius 2 is 1.67 bits per heavy atom. The van der Waals surface area contributed by atoms with Gasteiger partial charge in [-0.3, -0.25) is 0 Å². The number of halogens is 6. The fraction of sp³-hybridized carbons (Fsp3) is 0.500. The first-order chi connectivity index (χ1) is 6.62. The van der Waals surface area contributed by atoms with Gasteiger partial charge in [0, 0.05) is 5.70 Å². The lowest BCUT2D eigenvalue weighted by Crippen LogP contribution is -2.28. The Kier molecular flexibility index (Phi) is 2.75. The number of alkyl halides is 6. The predicted octanol–water partition coefficient (Wildman–Crippen LogP) is 2.90. The summed E-state index contributed by atoms with van der Waals surface area (Å²) in [5, 5.41) is 0. The zero-order chi connectivity index (χ0) is 11.9. The third kappa shape index (κ3) is 2.66. The summed E-state index contributed by atoms with van der Waals surface area (Å²) in [7, 11) is 0. The van der Waals surface area contributed by atoms with Gasteiger partial charge in [-0.15, -0.1) is 0 Å². The first kappa shape index (κ1) is 11.9. The van der Waals surface area contributed by atoms with E-state index < -0.39 is 36.0 Å². The fourth-order valence-corrected chi connectivity index (χ4v) is 1.22. The van der Waals surface area contributed by atoms with Crippen LogP contribution in [-0.2, 0) is 0 Å². The number of rotatable bonds is 0. The monoisotopic (exact) mass is 231 g/mol. The van der Waals surface area contributed by atoms with Crippen LogP contribution >= 0.6 is 0 Å². The summed E-state index contributed by atoms with van der Waals surface area (Å²) in [6.45, 7) is 0. The maximum absolute atomic E-state index is 12.2. The maximum atomic E-state index is 12.2. The highest BCUT2D eigenvalue weighted by molar-refractivity contribution is 5.36. The third-order valence-corrected chi connectivity index (χ3v) is 2.00. The van der Waals surface area contributed by atoms with Gasteiger partial charge in [0.2, 0.25) is 0 Å². The van der Waals surface area contributed by atoms with Gasteiger partial charge in [-0.05, 0) is 6.42 Å². The lowest BCUT2D eigenvalue weighted by molar-refractivity contribution is -0.161. The SMILES string of the molecule is NC1=CCC(C(F)(F)F)C=C1C(F)(F)F. The van der Waals surface area contributed by atoms with E-state index in [1.54, 1.807) is 0 Å². The second kappa shape index (κ2) is 3.46. The van der Waals surface area contributed by atoms with E-state index in [9.17, 15) is 26.3 Å². The van der Waals surface area contributed by atoms with Crippen molar-refractivity contribution in [3.05, 3.63) is 23.4 Å². The van der Waals surface area contributed by atoms with Crippen LogP contribution in [0.2, 0.25) is 0 Å². The van der Waals surface area contributed by atoms with Gasteiger partial charge in [0.25, 0.3) is 0 Å². The molecule has 0 amide bonds. The van der Waals surface area contributed by atoms with E-state index in [0.717, 1.165) is 6.08 Å². The second-order valence-electron chi connectivity index (χ2n) is 3.12. The molecule has 7 heteroatoms. The van der Waals surface area contributed by atoms with Crippen molar-refractivity contribution in [2.45, 2.75) is 18.8 Å². The lowest BCUT2D eigenvalue weighted by Gasteiger charge is -2.23. The fourth-order valence-electron chi connectivity index (χ4n) is 1.22. The van der Waals surface area contributed by atoms with Crippen molar-refractivity contribution in [1.82, 2.24) is 0 Å². The van der Waals surface area contributed by atoms with Gasteiger partial charge in [-0.1, -0.05) is 12.2 Å². The third-order valence-electron chi connectivity index (χ3n) is 2.00. The van der Waals surface area contributed by atoms with Crippen LogP contribution in [0, 0.1) is 5.92 Å². The molecule has 0 heterocycles. The quantitative estimate of drug-likeness (QED) is 0.637. The van der Waals surface area contributed by atoms with Gasteiger partial charge in [0.05, 0.1) is 11.5 Å². The molecule has 0 aromatic carbocycles. The molecule has 0 aliphatic heterocycles. The van der Waals surface area contributed by atoms with Crippen LogP contribution in [0.5, 0.6) is 0 Å². The molecule has 1 unspecified atom stereocenters. The molecule has 0 aromatic heterocycles. The Morgan fingerprint density at radius 3 is 2.07 bits per heavy atom. The first-order valence-corrected chi connectivity index (χ1v) is 3.94. The van der Waals surface area contributed by atoms with Crippen LogP contribution in [-0.4, -0.2) is 12.4 Å². The number of hydrogen-bond acceptors (Lipinski definition) is 1. The van der Waals surface area contributed by atoms with Gasteiger partial charge in [-0.2, -0.15) is 26.3 Å². The molecule has 1 aliphatic rings. The highest BCUT2D eigenvalue weighted by Gasteiger charge is 2.44. The van der Waals surface area contributed by atoms with Crippen molar-refractivity contribution < 1.29 is 26.3 Å². The zero-order valence-corrected chi connectivity index (χ0v) is 7.28. The van der Waals surface area contributed by atoms with Crippen molar-refractivity contribution in [3.63, 3.8) is 0 Å². The second-order valence-corrected chi connectivity index (χ2v) is 3.12. The van der Waals surface area contributed by atoms with Gasteiger partial charge >= 0.3 is 12.4 Å². The highest BCUT2D eigenvalue weighted by atomic mass is 19.4. The van der Waals surface area contributed by atoms with Gasteiger partial charge < -0.3 is 5.73 Å². The van der Waals surface area contributed by atoms with E-state index in [2.05, 4.69) is 0 Å². The standard InChI is InChI=1S/C8H7F6N/c9-7(10,11)4-1-2-6(15)5(3-4)8(12,13)14/h2-4H,1,15H2. The van der Waals surface area contributed by atoms with Crippen LogP contribution < -0.4 is 5.73 Å². The summed E-state index contributed by atoms with van der Waals surface area (Å²) >= 11 is 0. The Morgan fingerprint density at radius 1 is 1.13 bits per heavy atom. The van der Waals surface area contributed by atoms with E-state index >= 15 is 0 Å². The molecule has 2 N–H and O–H groups in total. The van der Waals surface area contributed by atoms with E-state index in [0.29, 0.717) is 0 Å². The molecule has 0 spiro atoms. The van der Waals surface area contributed by atoms with Gasteiger partial charge in [-0.25, -0.2) is 0 Å². The van der Waals surface area contributed by atoms with E-state index in [4.69, 9.17) is 5.73 Å². The van der Waals surface area contributed by atoms with Crippen molar-refractivity contribution in [1.29, 1.82) is 0 Å². The molecule has 0 saturated carbocycles. The number of nitrogens with two attached hydrogens (primary N) is 1. The predicted molar refractivity (Wildman–Crippen MR) is 40.6 cm³/mol. The molecule has 1 atom stereocenters. The van der Waals surface area contributed by atoms with Crippen molar-refractivity contribution in [3.8, 4) is 0 Å². The maximum Gasteiger partial charge on any atom is 0.418 e. The largest absolute Gasteiger partial charge is 0.418 e. The first-order valence-electron chi connectivity index (χ1n) is 3.94.